The van der Waals surface area contributed by atoms with Crippen LogP contribution in [-0.2, 0) is 11.3 Å². The SMILES string of the molecule is Cc1cccc(CN2C(=O)NC(=Cc3c(-c4ccccc4)[nH]n(-c4ccc([N+](=O)[O-])cc4)c3=O)C2=O)c1. The summed E-state index contributed by atoms with van der Waals surface area (Å²) in [4.78, 5) is 50.8. The number of nitrogens with one attached hydrogen (secondary N) is 2. The van der Waals surface area contributed by atoms with Gasteiger partial charge in [-0.25, -0.2) is 9.48 Å². The lowest BCUT2D eigenvalue weighted by molar-refractivity contribution is -0.384. The van der Waals surface area contributed by atoms with Gasteiger partial charge in [0.15, 0.2) is 0 Å². The lowest BCUT2D eigenvalue weighted by atomic mass is 10.1. The summed E-state index contributed by atoms with van der Waals surface area (Å²) < 4.78 is 1.24. The third-order valence-electron chi connectivity index (χ3n) is 5.98. The predicted octanol–water partition coefficient (Wildman–Crippen LogP) is 4.14. The van der Waals surface area contributed by atoms with Crippen molar-refractivity contribution in [2.75, 3.05) is 0 Å². The summed E-state index contributed by atoms with van der Waals surface area (Å²) in [5.41, 5.74) is 2.83. The number of aromatic nitrogens is 2. The van der Waals surface area contributed by atoms with Crippen LogP contribution in [0.4, 0.5) is 10.5 Å². The van der Waals surface area contributed by atoms with Crippen LogP contribution in [0.2, 0.25) is 0 Å². The van der Waals surface area contributed by atoms with Crippen molar-refractivity contribution in [3.63, 3.8) is 0 Å². The molecule has 37 heavy (non-hydrogen) atoms. The molecule has 1 aromatic heterocycles. The quantitative estimate of drug-likeness (QED) is 0.180. The van der Waals surface area contributed by atoms with Crippen molar-refractivity contribution >= 4 is 23.7 Å². The largest absolute Gasteiger partial charge is 0.329 e. The lowest BCUT2D eigenvalue weighted by Gasteiger charge is -2.12. The minimum atomic E-state index is -0.578. The Bertz CT molecular complexity index is 1620. The molecular weight excluding hydrogens is 474 g/mol. The molecule has 3 amide bonds. The van der Waals surface area contributed by atoms with Crippen molar-refractivity contribution in [3.05, 3.63) is 122 Å². The zero-order chi connectivity index (χ0) is 26.1. The number of H-pyrrole nitrogens is 1. The van der Waals surface area contributed by atoms with E-state index in [9.17, 15) is 24.5 Å². The maximum absolute atomic E-state index is 13.5. The monoisotopic (exact) mass is 495 g/mol. The number of benzene rings is 3. The molecule has 10 nitrogen and oxygen atoms in total. The molecule has 1 saturated heterocycles. The first-order valence-corrected chi connectivity index (χ1v) is 11.4. The summed E-state index contributed by atoms with van der Waals surface area (Å²) in [5, 5.41) is 16.6. The number of urea groups is 1. The number of aromatic amines is 1. The fraction of sp³-hybridized carbons (Fsp3) is 0.0741. The normalized spacial score (nSPS) is 14.3. The molecule has 1 fully saturated rings. The molecular formula is C27H21N5O5. The van der Waals surface area contributed by atoms with E-state index in [0.29, 0.717) is 16.9 Å². The van der Waals surface area contributed by atoms with E-state index in [1.54, 1.807) is 24.3 Å². The molecule has 5 rings (SSSR count). The molecule has 3 aromatic carbocycles. The van der Waals surface area contributed by atoms with Crippen molar-refractivity contribution < 1.29 is 14.5 Å². The van der Waals surface area contributed by atoms with Crippen LogP contribution in [0.1, 0.15) is 16.7 Å². The van der Waals surface area contributed by atoms with Gasteiger partial charge in [0.25, 0.3) is 17.2 Å². The van der Waals surface area contributed by atoms with Crippen LogP contribution >= 0.6 is 0 Å². The molecule has 184 valence electrons. The van der Waals surface area contributed by atoms with Crippen LogP contribution in [0.3, 0.4) is 0 Å². The second kappa shape index (κ2) is 9.42. The summed E-state index contributed by atoms with van der Waals surface area (Å²) in [5.74, 6) is -0.548. The highest BCUT2D eigenvalue weighted by molar-refractivity contribution is 6.14. The number of nitro benzene ring substituents is 1. The number of amides is 3. The van der Waals surface area contributed by atoms with E-state index >= 15 is 0 Å². The molecule has 10 heteroatoms. The van der Waals surface area contributed by atoms with E-state index in [1.807, 2.05) is 37.3 Å². The van der Waals surface area contributed by atoms with Gasteiger partial charge in [0.2, 0.25) is 0 Å². The minimum Gasteiger partial charge on any atom is -0.303 e. The summed E-state index contributed by atoms with van der Waals surface area (Å²) in [7, 11) is 0. The highest BCUT2D eigenvalue weighted by Crippen LogP contribution is 2.25. The van der Waals surface area contributed by atoms with Crippen LogP contribution in [0, 0.1) is 17.0 Å². The molecule has 0 radical (unpaired) electrons. The van der Waals surface area contributed by atoms with Gasteiger partial charge in [-0.2, -0.15) is 0 Å². The van der Waals surface area contributed by atoms with E-state index in [1.165, 1.54) is 35.0 Å². The number of rotatable bonds is 6. The Balaban J connectivity index is 1.56. The number of carbonyl (C=O) groups excluding carboxylic acids is 2. The van der Waals surface area contributed by atoms with Crippen LogP contribution < -0.4 is 10.9 Å². The lowest BCUT2D eigenvalue weighted by Crippen LogP contribution is -2.30. The Morgan fingerprint density at radius 3 is 2.35 bits per heavy atom. The summed E-state index contributed by atoms with van der Waals surface area (Å²) in [6.07, 6.45) is 1.36. The van der Waals surface area contributed by atoms with Gasteiger partial charge in [-0.15, -0.1) is 0 Å². The van der Waals surface area contributed by atoms with E-state index in [0.717, 1.165) is 16.0 Å². The molecule has 2 N–H and O–H groups in total. The summed E-state index contributed by atoms with van der Waals surface area (Å²) in [6.45, 7) is 2.02. The topological polar surface area (TPSA) is 130 Å². The Hall–Kier alpha value is -5.25. The first kappa shape index (κ1) is 23.5. The Kier molecular flexibility index (Phi) is 5.98. The molecule has 4 aromatic rings. The second-order valence-electron chi connectivity index (χ2n) is 8.55. The van der Waals surface area contributed by atoms with E-state index in [2.05, 4.69) is 10.4 Å². The number of nitrogens with zero attached hydrogens (tertiary/aromatic N) is 3. The number of carbonyl (C=O) groups is 2. The average Bonchev–Trinajstić information content (AvgIpc) is 3.35. The third kappa shape index (κ3) is 4.55. The number of aryl methyl sites for hydroxylation is 1. The van der Waals surface area contributed by atoms with Gasteiger partial charge in [-0.1, -0.05) is 60.2 Å². The highest BCUT2D eigenvalue weighted by Gasteiger charge is 2.34. The number of hydrogen-bond donors (Lipinski definition) is 2. The van der Waals surface area contributed by atoms with E-state index < -0.39 is 22.4 Å². The molecule has 0 bridgehead atoms. The van der Waals surface area contributed by atoms with Crippen molar-refractivity contribution in [2.45, 2.75) is 13.5 Å². The number of non-ortho nitro benzene ring substituents is 1. The molecule has 0 aliphatic carbocycles. The van der Waals surface area contributed by atoms with Crippen molar-refractivity contribution in [1.29, 1.82) is 0 Å². The molecule has 0 atom stereocenters. The van der Waals surface area contributed by atoms with Crippen molar-refractivity contribution in [3.8, 4) is 16.9 Å². The van der Waals surface area contributed by atoms with E-state index in [-0.39, 0.29) is 23.5 Å². The number of imide groups is 1. The highest BCUT2D eigenvalue weighted by atomic mass is 16.6. The van der Waals surface area contributed by atoms with Crippen molar-refractivity contribution in [2.24, 2.45) is 0 Å². The molecule has 0 saturated carbocycles. The van der Waals surface area contributed by atoms with Crippen LogP contribution in [0.15, 0.2) is 89.4 Å². The maximum Gasteiger partial charge on any atom is 0.329 e. The van der Waals surface area contributed by atoms with E-state index in [4.69, 9.17) is 0 Å². The first-order valence-electron chi connectivity index (χ1n) is 11.4. The summed E-state index contributed by atoms with van der Waals surface area (Å²) in [6, 6.07) is 21.5. The number of hydrogen-bond acceptors (Lipinski definition) is 5. The van der Waals surface area contributed by atoms with Gasteiger partial charge in [0, 0.05) is 17.7 Å². The Morgan fingerprint density at radius 2 is 1.68 bits per heavy atom. The zero-order valence-electron chi connectivity index (χ0n) is 19.7. The molecule has 2 heterocycles. The number of nitro groups is 1. The fourth-order valence-corrected chi connectivity index (χ4v) is 4.17. The zero-order valence-corrected chi connectivity index (χ0v) is 19.7. The van der Waals surface area contributed by atoms with Crippen LogP contribution in [0.25, 0.3) is 23.0 Å². The maximum atomic E-state index is 13.5. The minimum absolute atomic E-state index is 0.0261. The predicted molar refractivity (Wildman–Crippen MR) is 137 cm³/mol. The second-order valence-corrected chi connectivity index (χ2v) is 8.55. The standard InChI is InChI=1S/C27H21N5O5/c1-17-6-5-7-18(14-17)16-30-26(34)23(28-27(30)35)15-22-24(19-8-3-2-4-9-19)29-31(25(22)33)20-10-12-21(13-11-20)32(36)37/h2-15,29H,16H2,1H3,(H,28,35). The van der Waals surface area contributed by atoms with Crippen LogP contribution in [-0.4, -0.2) is 31.5 Å². The first-order chi connectivity index (χ1) is 17.8. The smallest absolute Gasteiger partial charge is 0.303 e. The van der Waals surface area contributed by atoms with Gasteiger partial charge in [0.05, 0.1) is 28.4 Å². The van der Waals surface area contributed by atoms with Gasteiger partial charge < -0.3 is 5.32 Å². The van der Waals surface area contributed by atoms with Crippen LogP contribution in [0.5, 0.6) is 0 Å². The average molecular weight is 495 g/mol. The molecule has 0 spiro atoms. The third-order valence-corrected chi connectivity index (χ3v) is 5.98. The fourth-order valence-electron chi connectivity index (χ4n) is 4.17. The summed E-state index contributed by atoms with van der Waals surface area (Å²) >= 11 is 0. The molecule has 0 unspecified atom stereocenters. The van der Waals surface area contributed by atoms with Gasteiger partial charge in [-0.3, -0.25) is 29.7 Å². The Morgan fingerprint density at radius 1 is 0.946 bits per heavy atom. The van der Waals surface area contributed by atoms with Gasteiger partial charge in [-0.05, 0) is 30.7 Å². The van der Waals surface area contributed by atoms with Gasteiger partial charge >= 0.3 is 6.03 Å². The van der Waals surface area contributed by atoms with Crippen molar-refractivity contribution in [1.82, 2.24) is 20.0 Å². The molecule has 1 aliphatic rings. The molecule has 1 aliphatic heterocycles. The Labute approximate surface area is 210 Å². The van der Waals surface area contributed by atoms with Gasteiger partial charge in [0.1, 0.15) is 5.70 Å².